The van der Waals surface area contributed by atoms with Crippen LogP contribution in [0.15, 0.2) is 40.1 Å². The van der Waals surface area contributed by atoms with Crippen LogP contribution < -0.4 is 16.0 Å². The summed E-state index contributed by atoms with van der Waals surface area (Å²) in [7, 11) is 4.94. The number of aromatic nitrogens is 3. The van der Waals surface area contributed by atoms with Gasteiger partial charge in [-0.15, -0.1) is 0 Å². The molecule has 29 heavy (non-hydrogen) atoms. The Balaban J connectivity index is 2.00. The zero-order chi connectivity index (χ0) is 20.5. The molecule has 0 aliphatic heterocycles. The van der Waals surface area contributed by atoms with E-state index >= 15 is 0 Å². The molecule has 1 fully saturated rings. The molecule has 0 atom stereocenters. The fourth-order valence-electron chi connectivity index (χ4n) is 4.60. The van der Waals surface area contributed by atoms with Crippen molar-refractivity contribution >= 4 is 10.9 Å². The van der Waals surface area contributed by atoms with Crippen LogP contribution in [0.4, 0.5) is 0 Å². The molecule has 0 spiro atoms. The summed E-state index contributed by atoms with van der Waals surface area (Å²) in [6, 6.07) is 8.17. The molecule has 0 saturated heterocycles. The molecule has 0 N–H and O–H groups in total. The minimum Gasteiger partial charge on any atom is -0.497 e. The summed E-state index contributed by atoms with van der Waals surface area (Å²) in [5.74, 6) is 0.780. The summed E-state index contributed by atoms with van der Waals surface area (Å²) in [5.41, 5.74) is 2.05. The molecule has 6 nitrogen and oxygen atoms in total. The van der Waals surface area contributed by atoms with Crippen molar-refractivity contribution in [3.63, 3.8) is 0 Å². The highest BCUT2D eigenvalue weighted by Crippen LogP contribution is 2.36. The Labute approximate surface area is 170 Å². The number of nitrogens with zero attached hydrogens (tertiary/aromatic N) is 3. The van der Waals surface area contributed by atoms with E-state index in [1.807, 2.05) is 30.5 Å². The summed E-state index contributed by atoms with van der Waals surface area (Å²) >= 11 is 0. The predicted molar refractivity (Wildman–Crippen MR) is 116 cm³/mol. The van der Waals surface area contributed by atoms with E-state index in [1.54, 1.807) is 25.8 Å². The van der Waals surface area contributed by atoms with Gasteiger partial charge in [0, 0.05) is 26.3 Å². The maximum atomic E-state index is 13.1. The summed E-state index contributed by atoms with van der Waals surface area (Å²) in [6.45, 7) is 0. The van der Waals surface area contributed by atoms with Crippen molar-refractivity contribution in [2.45, 2.75) is 51.0 Å². The quantitative estimate of drug-likeness (QED) is 0.674. The zero-order valence-electron chi connectivity index (χ0n) is 17.5. The monoisotopic (exact) mass is 395 g/mol. The molecule has 154 valence electrons. The Morgan fingerprint density at radius 2 is 1.52 bits per heavy atom. The third kappa shape index (κ3) is 3.41. The number of hydrogen-bond donors (Lipinski definition) is 0. The second-order valence-electron chi connectivity index (χ2n) is 8.08. The van der Waals surface area contributed by atoms with E-state index in [0.29, 0.717) is 16.9 Å². The number of methoxy groups -OCH3 is 1. The van der Waals surface area contributed by atoms with E-state index in [2.05, 4.69) is 4.57 Å². The van der Waals surface area contributed by atoms with Crippen molar-refractivity contribution in [1.82, 2.24) is 13.7 Å². The maximum absolute atomic E-state index is 13.1. The molecule has 2 aromatic heterocycles. The molecule has 1 aliphatic rings. The highest BCUT2D eigenvalue weighted by molar-refractivity contribution is 5.93. The third-order valence-electron chi connectivity index (χ3n) is 6.30. The Hall–Kier alpha value is -2.76. The lowest BCUT2D eigenvalue weighted by Gasteiger charge is -2.24. The minimum atomic E-state index is -0.293. The molecule has 0 radical (unpaired) electrons. The van der Waals surface area contributed by atoms with Crippen LogP contribution in [-0.4, -0.2) is 20.8 Å². The molecule has 1 aromatic carbocycles. The van der Waals surface area contributed by atoms with Crippen LogP contribution in [0.3, 0.4) is 0 Å². The van der Waals surface area contributed by atoms with Crippen molar-refractivity contribution in [2.24, 2.45) is 14.1 Å². The topological polar surface area (TPSA) is 58.2 Å². The van der Waals surface area contributed by atoms with E-state index in [0.717, 1.165) is 29.8 Å². The van der Waals surface area contributed by atoms with Gasteiger partial charge in [0.1, 0.15) is 5.75 Å². The SMILES string of the molecule is COc1ccc(-c2c3c(=O)n(C)c(=O)n(C)c3cn2C2CCCCCCC2)cc1. The van der Waals surface area contributed by atoms with Gasteiger partial charge in [-0.1, -0.05) is 32.1 Å². The first-order valence-electron chi connectivity index (χ1n) is 10.5. The van der Waals surface area contributed by atoms with Gasteiger partial charge in [0.05, 0.1) is 23.7 Å². The summed E-state index contributed by atoms with van der Waals surface area (Å²) in [4.78, 5) is 25.7. The fourth-order valence-corrected chi connectivity index (χ4v) is 4.60. The van der Waals surface area contributed by atoms with Gasteiger partial charge < -0.3 is 9.30 Å². The minimum absolute atomic E-state index is 0.237. The van der Waals surface area contributed by atoms with Crippen molar-refractivity contribution in [3.8, 4) is 17.0 Å². The first-order chi connectivity index (χ1) is 14.0. The number of rotatable bonds is 3. The molecule has 0 unspecified atom stereocenters. The molecule has 6 heteroatoms. The first kappa shape index (κ1) is 19.6. The van der Waals surface area contributed by atoms with Gasteiger partial charge >= 0.3 is 5.69 Å². The van der Waals surface area contributed by atoms with Gasteiger partial charge in [-0.25, -0.2) is 4.79 Å². The van der Waals surface area contributed by atoms with Gasteiger partial charge in [-0.05, 0) is 42.7 Å². The lowest BCUT2D eigenvalue weighted by Crippen LogP contribution is -2.36. The van der Waals surface area contributed by atoms with Crippen LogP contribution in [0.25, 0.3) is 22.2 Å². The maximum Gasteiger partial charge on any atom is 0.330 e. The van der Waals surface area contributed by atoms with Crippen LogP contribution in [0.1, 0.15) is 51.0 Å². The van der Waals surface area contributed by atoms with E-state index in [1.165, 1.54) is 36.7 Å². The molecule has 0 bridgehead atoms. The van der Waals surface area contributed by atoms with E-state index in [4.69, 9.17) is 4.74 Å². The summed E-state index contributed by atoms with van der Waals surface area (Å²) < 4.78 is 10.4. The number of aryl methyl sites for hydroxylation is 1. The van der Waals surface area contributed by atoms with Gasteiger partial charge in [0.25, 0.3) is 5.56 Å². The first-order valence-corrected chi connectivity index (χ1v) is 10.5. The normalized spacial score (nSPS) is 16.0. The van der Waals surface area contributed by atoms with Gasteiger partial charge in [0.2, 0.25) is 0 Å². The molecule has 3 aromatic rings. The average Bonchev–Trinajstić information content (AvgIpc) is 3.11. The van der Waals surface area contributed by atoms with E-state index < -0.39 is 0 Å². The highest BCUT2D eigenvalue weighted by atomic mass is 16.5. The number of fused-ring (bicyclic) bond motifs is 1. The Kier molecular flexibility index (Phi) is 5.35. The van der Waals surface area contributed by atoms with Gasteiger partial charge in [-0.2, -0.15) is 0 Å². The molecule has 1 aliphatic carbocycles. The van der Waals surface area contributed by atoms with Crippen molar-refractivity contribution in [1.29, 1.82) is 0 Å². The Morgan fingerprint density at radius 1 is 0.897 bits per heavy atom. The fraction of sp³-hybridized carbons (Fsp3) is 0.478. The van der Waals surface area contributed by atoms with Crippen LogP contribution in [0, 0.1) is 0 Å². The lowest BCUT2D eigenvalue weighted by atomic mass is 9.96. The third-order valence-corrected chi connectivity index (χ3v) is 6.30. The average molecular weight is 396 g/mol. The van der Waals surface area contributed by atoms with Crippen LogP contribution in [-0.2, 0) is 14.1 Å². The standard InChI is InChI=1S/C23H29N3O3/c1-24-19-15-26(17-9-7-5-4-6-8-10-17)21(16-11-13-18(29-3)14-12-16)20(19)22(27)25(2)23(24)28/h11-15,17H,4-10H2,1-3H3. The number of ether oxygens (including phenoxy) is 1. The Morgan fingerprint density at radius 3 is 2.14 bits per heavy atom. The molecular formula is C23H29N3O3. The van der Waals surface area contributed by atoms with Crippen LogP contribution >= 0.6 is 0 Å². The lowest BCUT2D eigenvalue weighted by molar-refractivity contribution is 0.375. The van der Waals surface area contributed by atoms with Crippen molar-refractivity contribution in [2.75, 3.05) is 7.11 Å². The van der Waals surface area contributed by atoms with Gasteiger partial charge in [-0.3, -0.25) is 13.9 Å². The van der Waals surface area contributed by atoms with Crippen LogP contribution in [0.5, 0.6) is 5.75 Å². The number of benzene rings is 1. The summed E-state index contributed by atoms with van der Waals surface area (Å²) in [5, 5.41) is 0.613. The smallest absolute Gasteiger partial charge is 0.330 e. The largest absolute Gasteiger partial charge is 0.497 e. The van der Waals surface area contributed by atoms with Crippen LogP contribution in [0.2, 0.25) is 0 Å². The summed E-state index contributed by atoms with van der Waals surface area (Å²) in [6.07, 6.45) is 10.4. The second kappa shape index (κ2) is 7.93. The highest BCUT2D eigenvalue weighted by Gasteiger charge is 2.23. The Bertz CT molecular complexity index is 1130. The number of hydrogen-bond acceptors (Lipinski definition) is 3. The second-order valence-corrected chi connectivity index (χ2v) is 8.08. The molecular weight excluding hydrogens is 366 g/mol. The van der Waals surface area contributed by atoms with E-state index in [9.17, 15) is 9.59 Å². The molecule has 1 saturated carbocycles. The van der Waals surface area contributed by atoms with Crippen molar-refractivity contribution in [3.05, 3.63) is 51.3 Å². The molecule has 0 amide bonds. The van der Waals surface area contributed by atoms with E-state index in [-0.39, 0.29) is 11.2 Å². The molecule has 4 rings (SSSR count). The van der Waals surface area contributed by atoms with Crippen molar-refractivity contribution < 1.29 is 4.74 Å². The predicted octanol–water partition coefficient (Wildman–Crippen LogP) is 4.00. The molecule has 2 heterocycles. The van der Waals surface area contributed by atoms with Gasteiger partial charge in [0.15, 0.2) is 0 Å². The zero-order valence-corrected chi connectivity index (χ0v) is 17.5.